The van der Waals surface area contributed by atoms with Gasteiger partial charge in [-0.25, -0.2) is 0 Å². The molecule has 0 bridgehead atoms. The minimum absolute atomic E-state index is 1.14. The zero-order valence-electron chi connectivity index (χ0n) is 4.58. The maximum absolute atomic E-state index is 3.22. The zero-order valence-corrected chi connectivity index (χ0v) is 7.35. The number of piperazine rings is 1. The van der Waals surface area contributed by atoms with Crippen LogP contribution in [0, 0.1) is 0 Å². The number of hydrogen-bond donors (Lipinski definition) is 2. The summed E-state index contributed by atoms with van der Waals surface area (Å²) in [6.07, 6.45) is 0. The molecule has 0 aliphatic carbocycles. The van der Waals surface area contributed by atoms with E-state index >= 15 is 0 Å². The molecule has 0 spiro atoms. The molecule has 2 N–H and O–H groups in total. The molecule has 1 rings (SSSR count). The monoisotopic (exact) mass is 220 g/mol. The van der Waals surface area contributed by atoms with Gasteiger partial charge in [0.05, 0.1) is 0 Å². The molecule has 0 unspecified atom stereocenters. The van der Waals surface area contributed by atoms with Crippen molar-refractivity contribution in [2.45, 2.75) is 0 Å². The van der Waals surface area contributed by atoms with Gasteiger partial charge in [0, 0.05) is 26.2 Å². The standard InChI is InChI=1S/C4H10N2.BrH.Mn/c1-2-6-4-3-5-1;;/h5-6H,1-4H2;1H;/q;;+1/p-1. The molecule has 0 atom stereocenters. The van der Waals surface area contributed by atoms with E-state index in [0.717, 1.165) is 26.2 Å². The maximum atomic E-state index is 3.22. The van der Waals surface area contributed by atoms with E-state index in [9.17, 15) is 0 Å². The summed E-state index contributed by atoms with van der Waals surface area (Å²) in [7, 11) is 0. The van der Waals surface area contributed by atoms with Crippen molar-refractivity contribution >= 4 is 14.1 Å². The summed E-state index contributed by atoms with van der Waals surface area (Å²) in [5.74, 6) is 0. The van der Waals surface area contributed by atoms with Gasteiger partial charge in [-0.05, 0) is 0 Å². The van der Waals surface area contributed by atoms with Crippen molar-refractivity contribution in [3.05, 3.63) is 0 Å². The SMILES string of the molecule is C1CNCCN1.[Mn][Br]. The summed E-state index contributed by atoms with van der Waals surface area (Å²) >= 11 is 5.50. The van der Waals surface area contributed by atoms with E-state index < -0.39 is 0 Å². The molecule has 0 aromatic rings. The Morgan fingerprint density at radius 3 is 1.25 bits per heavy atom. The van der Waals surface area contributed by atoms with Crippen LogP contribution >= 0.6 is 14.1 Å². The Kier molecular flexibility index (Phi) is 8.83. The van der Waals surface area contributed by atoms with Crippen molar-refractivity contribution in [2.24, 2.45) is 0 Å². The van der Waals surface area contributed by atoms with Crippen molar-refractivity contribution in [3.8, 4) is 0 Å². The van der Waals surface area contributed by atoms with Crippen molar-refractivity contribution in [1.29, 1.82) is 0 Å². The van der Waals surface area contributed by atoms with Crippen LogP contribution in [0.4, 0.5) is 0 Å². The molecule has 1 aliphatic heterocycles. The van der Waals surface area contributed by atoms with Gasteiger partial charge in [0.25, 0.3) is 0 Å². The molecule has 0 saturated carbocycles. The first-order chi connectivity index (χ1) is 4.00. The second kappa shape index (κ2) is 7.92. The van der Waals surface area contributed by atoms with E-state index in [-0.39, 0.29) is 0 Å². The quantitative estimate of drug-likeness (QED) is 0.563. The molecule has 8 heavy (non-hydrogen) atoms. The van der Waals surface area contributed by atoms with Gasteiger partial charge < -0.3 is 10.6 Å². The fourth-order valence-electron chi connectivity index (χ4n) is 0.604. The first kappa shape index (κ1) is 8.92. The van der Waals surface area contributed by atoms with Crippen molar-refractivity contribution in [1.82, 2.24) is 10.6 Å². The van der Waals surface area contributed by atoms with Crippen LogP contribution in [0.1, 0.15) is 0 Å². The topological polar surface area (TPSA) is 24.1 Å². The van der Waals surface area contributed by atoms with Crippen LogP contribution in [0.2, 0.25) is 0 Å². The van der Waals surface area contributed by atoms with Crippen LogP contribution in [0.3, 0.4) is 0 Å². The molecule has 0 amide bonds. The van der Waals surface area contributed by atoms with Crippen LogP contribution in [0.25, 0.3) is 0 Å². The third kappa shape index (κ3) is 5.06. The van der Waals surface area contributed by atoms with E-state index in [1.807, 2.05) is 0 Å². The predicted octanol–water partition coefficient (Wildman–Crippen LogP) is 0.0223. The van der Waals surface area contributed by atoms with E-state index in [1.165, 1.54) is 0 Å². The van der Waals surface area contributed by atoms with Gasteiger partial charge in [-0.3, -0.25) is 0 Å². The third-order valence-corrected chi connectivity index (χ3v) is 0.957. The van der Waals surface area contributed by atoms with Crippen molar-refractivity contribution in [2.75, 3.05) is 26.2 Å². The molecule has 50 valence electrons. The van der Waals surface area contributed by atoms with Crippen LogP contribution in [0.5, 0.6) is 0 Å². The fourth-order valence-corrected chi connectivity index (χ4v) is 0.604. The Bertz CT molecular complexity index is 29.5. The van der Waals surface area contributed by atoms with Crippen LogP contribution in [-0.2, 0) is 14.2 Å². The summed E-state index contributed by atoms with van der Waals surface area (Å²) < 4.78 is 0. The normalized spacial score (nSPS) is 18.8. The van der Waals surface area contributed by atoms with Crippen LogP contribution < -0.4 is 10.6 Å². The van der Waals surface area contributed by atoms with Gasteiger partial charge in [-0.2, -0.15) is 0 Å². The van der Waals surface area contributed by atoms with Gasteiger partial charge in [0.1, 0.15) is 0 Å². The Balaban J connectivity index is 0.000000222. The Labute approximate surface area is 65.3 Å². The van der Waals surface area contributed by atoms with Crippen LogP contribution in [-0.4, -0.2) is 26.2 Å². The second-order valence-corrected chi connectivity index (χ2v) is 1.50. The van der Waals surface area contributed by atoms with Crippen molar-refractivity contribution < 1.29 is 14.2 Å². The molecule has 0 radical (unpaired) electrons. The summed E-state index contributed by atoms with van der Waals surface area (Å²) in [5, 5.41) is 6.44. The molecule has 0 aromatic heterocycles. The molecular formula is C4H10BrMnN2. The minimum atomic E-state index is 1.14. The van der Waals surface area contributed by atoms with Gasteiger partial charge >= 0.3 is 28.3 Å². The van der Waals surface area contributed by atoms with Gasteiger partial charge in [0.15, 0.2) is 0 Å². The zero-order chi connectivity index (χ0) is 6.24. The van der Waals surface area contributed by atoms with Crippen LogP contribution in [0.15, 0.2) is 0 Å². The van der Waals surface area contributed by atoms with E-state index in [4.69, 9.17) is 0 Å². The third-order valence-electron chi connectivity index (χ3n) is 0.957. The average Bonchev–Trinajstić information content (AvgIpc) is 1.96. The number of nitrogens with one attached hydrogen (secondary N) is 2. The number of hydrogen-bond acceptors (Lipinski definition) is 2. The summed E-state index contributed by atoms with van der Waals surface area (Å²) in [6.45, 7) is 4.56. The Hall–Kier alpha value is 0.919. The van der Waals surface area contributed by atoms with E-state index in [2.05, 4.69) is 38.9 Å². The van der Waals surface area contributed by atoms with Gasteiger partial charge in [0.2, 0.25) is 0 Å². The van der Waals surface area contributed by atoms with Crippen molar-refractivity contribution in [3.63, 3.8) is 0 Å². The molecule has 1 heterocycles. The number of rotatable bonds is 0. The summed E-state index contributed by atoms with van der Waals surface area (Å²) in [5.41, 5.74) is 0. The second-order valence-electron chi connectivity index (χ2n) is 1.50. The first-order valence-corrected chi connectivity index (χ1v) is 5.47. The molecule has 4 heteroatoms. The molecule has 1 fully saturated rings. The Morgan fingerprint density at radius 1 is 0.875 bits per heavy atom. The fraction of sp³-hybridized carbons (Fsp3) is 1.00. The summed E-state index contributed by atoms with van der Waals surface area (Å²) in [4.78, 5) is 0. The van der Waals surface area contributed by atoms with Gasteiger partial charge in [-0.1, -0.05) is 0 Å². The summed E-state index contributed by atoms with van der Waals surface area (Å²) in [6, 6.07) is 0. The molecule has 0 aromatic carbocycles. The van der Waals surface area contributed by atoms with E-state index in [1.54, 1.807) is 0 Å². The average molecular weight is 221 g/mol. The molecular weight excluding hydrogens is 211 g/mol. The molecule has 2 nitrogen and oxygen atoms in total. The van der Waals surface area contributed by atoms with E-state index in [0.29, 0.717) is 0 Å². The van der Waals surface area contributed by atoms with Gasteiger partial charge in [-0.15, -0.1) is 0 Å². The molecule has 1 aliphatic rings. The first-order valence-electron chi connectivity index (χ1n) is 2.56. The molecule has 1 saturated heterocycles. The predicted molar refractivity (Wildman–Crippen MR) is 34.7 cm³/mol. The Morgan fingerprint density at radius 2 is 1.12 bits per heavy atom. The number of halogens is 1.